The maximum atomic E-state index is 2.44. The lowest BCUT2D eigenvalue weighted by Crippen LogP contribution is -2.10. The molecule has 0 N–H and O–H groups in total. The highest BCUT2D eigenvalue weighted by Crippen LogP contribution is 2.46. The second kappa shape index (κ2) is 14.8. The van der Waals surface area contributed by atoms with E-state index in [1.165, 1.54) is 93.2 Å². The summed E-state index contributed by atoms with van der Waals surface area (Å²) in [6, 6.07) is 88.4. The fourth-order valence-corrected chi connectivity index (χ4v) is 9.77. The predicted molar refractivity (Wildman–Crippen MR) is 264 cm³/mol. The van der Waals surface area contributed by atoms with Crippen LogP contribution in [-0.2, 0) is 0 Å². The maximum Gasteiger partial charge on any atom is 0.0562 e. The van der Waals surface area contributed by atoms with E-state index in [9.17, 15) is 0 Å². The monoisotopic (exact) mass is 788 g/mol. The second-order valence-corrected chi connectivity index (χ2v) is 16.1. The molecule has 62 heavy (non-hydrogen) atoms. The normalized spacial score (nSPS) is 11.5. The van der Waals surface area contributed by atoms with Crippen LogP contribution in [0, 0.1) is 0 Å². The van der Waals surface area contributed by atoms with E-state index in [0.717, 1.165) is 17.1 Å². The van der Waals surface area contributed by atoms with Crippen LogP contribution in [0.5, 0.6) is 0 Å². The highest BCUT2D eigenvalue weighted by atomic mass is 15.1. The first kappa shape index (κ1) is 35.7. The topological polar surface area (TPSA) is 8.17 Å². The van der Waals surface area contributed by atoms with Crippen molar-refractivity contribution in [3.8, 4) is 39.1 Å². The number of nitrogens with zero attached hydrogens (tertiary/aromatic N) is 2. The van der Waals surface area contributed by atoms with Gasteiger partial charge in [-0.2, -0.15) is 0 Å². The summed E-state index contributed by atoms with van der Waals surface area (Å²) >= 11 is 0. The molecule has 12 aromatic rings. The van der Waals surface area contributed by atoms with Crippen LogP contribution in [0.3, 0.4) is 0 Å². The van der Waals surface area contributed by atoms with Crippen molar-refractivity contribution in [2.24, 2.45) is 0 Å². The average Bonchev–Trinajstić information content (AvgIpc) is 3.68. The van der Waals surface area contributed by atoms with E-state index >= 15 is 0 Å². The predicted octanol–water partition coefficient (Wildman–Crippen LogP) is 16.7. The molecule has 0 spiro atoms. The van der Waals surface area contributed by atoms with E-state index in [2.05, 4.69) is 252 Å². The molecule has 12 rings (SSSR count). The van der Waals surface area contributed by atoms with E-state index in [1.807, 2.05) is 0 Å². The Hall–Kier alpha value is -8.20. The summed E-state index contributed by atoms with van der Waals surface area (Å²) in [5.41, 5.74) is 14.1. The second-order valence-electron chi connectivity index (χ2n) is 16.1. The van der Waals surface area contributed by atoms with Crippen LogP contribution in [0.2, 0.25) is 0 Å². The van der Waals surface area contributed by atoms with Crippen molar-refractivity contribution in [1.29, 1.82) is 0 Å². The van der Waals surface area contributed by atoms with Gasteiger partial charge in [-0.25, -0.2) is 0 Å². The van der Waals surface area contributed by atoms with E-state index in [-0.39, 0.29) is 0 Å². The number of para-hydroxylation sites is 2. The van der Waals surface area contributed by atoms with Crippen LogP contribution in [0.1, 0.15) is 0 Å². The van der Waals surface area contributed by atoms with Crippen molar-refractivity contribution in [2.75, 3.05) is 4.90 Å². The summed E-state index contributed by atoms with van der Waals surface area (Å²) in [4.78, 5) is 2.38. The molecule has 0 unspecified atom stereocenters. The molecule has 290 valence electrons. The smallest absolute Gasteiger partial charge is 0.0562 e. The van der Waals surface area contributed by atoms with Crippen molar-refractivity contribution >= 4 is 71.2 Å². The van der Waals surface area contributed by atoms with Gasteiger partial charge in [-0.3, -0.25) is 0 Å². The van der Waals surface area contributed by atoms with Gasteiger partial charge in [0.05, 0.1) is 16.7 Å². The van der Waals surface area contributed by atoms with Gasteiger partial charge in [0.1, 0.15) is 0 Å². The Kier molecular flexibility index (Phi) is 8.53. The molecule has 0 amide bonds. The minimum Gasteiger partial charge on any atom is -0.310 e. The third-order valence-corrected chi connectivity index (χ3v) is 12.5. The summed E-state index contributed by atoms with van der Waals surface area (Å²) in [5.74, 6) is 0. The van der Waals surface area contributed by atoms with E-state index in [4.69, 9.17) is 0 Å². The summed E-state index contributed by atoms with van der Waals surface area (Å²) in [6.45, 7) is 0. The quantitative estimate of drug-likeness (QED) is 0.146. The van der Waals surface area contributed by atoms with Gasteiger partial charge in [-0.05, 0) is 115 Å². The molecule has 0 atom stereocenters. The molecule has 0 saturated heterocycles. The summed E-state index contributed by atoms with van der Waals surface area (Å²) < 4.78 is 2.44. The third-order valence-electron chi connectivity index (χ3n) is 12.5. The first-order valence-electron chi connectivity index (χ1n) is 21.3. The molecule has 2 heteroatoms. The molecular weight excluding hydrogens is 749 g/mol. The van der Waals surface area contributed by atoms with Gasteiger partial charge in [0.2, 0.25) is 0 Å². The van der Waals surface area contributed by atoms with Crippen LogP contribution in [0.15, 0.2) is 243 Å². The van der Waals surface area contributed by atoms with E-state index < -0.39 is 0 Å². The van der Waals surface area contributed by atoms with Crippen LogP contribution in [0.25, 0.3) is 93.2 Å². The number of aromatic nitrogens is 1. The molecule has 2 nitrogen and oxygen atoms in total. The molecule has 0 bridgehead atoms. The third kappa shape index (κ3) is 5.88. The Morgan fingerprint density at radius 2 is 0.758 bits per heavy atom. The Balaban J connectivity index is 1.02. The molecule has 1 heterocycles. The van der Waals surface area contributed by atoms with Crippen LogP contribution >= 0.6 is 0 Å². The van der Waals surface area contributed by atoms with Crippen molar-refractivity contribution in [2.45, 2.75) is 0 Å². The molecule has 0 aliphatic carbocycles. The summed E-state index contributed by atoms with van der Waals surface area (Å²) in [5, 5.41) is 9.96. The van der Waals surface area contributed by atoms with Gasteiger partial charge in [-0.15, -0.1) is 0 Å². The van der Waals surface area contributed by atoms with Crippen molar-refractivity contribution in [3.05, 3.63) is 243 Å². The zero-order valence-corrected chi connectivity index (χ0v) is 34.0. The molecule has 0 radical (unpaired) electrons. The van der Waals surface area contributed by atoms with Crippen LogP contribution in [-0.4, -0.2) is 4.57 Å². The van der Waals surface area contributed by atoms with E-state index in [1.54, 1.807) is 0 Å². The number of rotatable bonds is 7. The first-order valence-corrected chi connectivity index (χ1v) is 21.3. The minimum absolute atomic E-state index is 1.09. The summed E-state index contributed by atoms with van der Waals surface area (Å²) in [7, 11) is 0. The van der Waals surface area contributed by atoms with Gasteiger partial charge in [-0.1, -0.05) is 188 Å². The maximum absolute atomic E-state index is 2.44. The molecular formula is C60H40N2. The van der Waals surface area contributed by atoms with Crippen molar-refractivity contribution < 1.29 is 0 Å². The van der Waals surface area contributed by atoms with Crippen LogP contribution < -0.4 is 4.90 Å². The molecule has 0 aliphatic heterocycles. The fourth-order valence-electron chi connectivity index (χ4n) is 9.77. The Morgan fingerprint density at radius 3 is 1.50 bits per heavy atom. The van der Waals surface area contributed by atoms with Crippen molar-refractivity contribution in [1.82, 2.24) is 4.57 Å². The number of fused-ring (bicyclic) bond motifs is 7. The number of hydrogen-bond acceptors (Lipinski definition) is 1. The molecule has 0 saturated carbocycles. The highest BCUT2D eigenvalue weighted by Gasteiger charge is 2.20. The molecule has 11 aromatic carbocycles. The number of benzene rings is 11. The van der Waals surface area contributed by atoms with Crippen molar-refractivity contribution in [3.63, 3.8) is 0 Å². The number of anilines is 3. The van der Waals surface area contributed by atoms with Gasteiger partial charge >= 0.3 is 0 Å². The molecule has 0 aliphatic rings. The number of hydrogen-bond donors (Lipinski definition) is 0. The minimum atomic E-state index is 1.09. The standard InChI is InChI=1S/C60H40N2/c1-4-18-43(19-5-1)59-54-28-13-12-26-50(54)51-37-33-45(39-55(51)60(59)44-20-6-2-7-21-44)41-31-34-47(35-32-41)61(46-23-8-3-9-24-46)48-36-38-53-52-27-14-15-29-57(52)62(58(53)40-48)56-30-16-22-42-17-10-11-25-49(42)56/h1-40H. The zero-order valence-electron chi connectivity index (χ0n) is 34.0. The van der Waals surface area contributed by atoms with Gasteiger partial charge in [0.25, 0.3) is 0 Å². The van der Waals surface area contributed by atoms with Gasteiger partial charge < -0.3 is 9.47 Å². The largest absolute Gasteiger partial charge is 0.310 e. The van der Waals surface area contributed by atoms with E-state index in [0.29, 0.717) is 0 Å². The summed E-state index contributed by atoms with van der Waals surface area (Å²) in [6.07, 6.45) is 0. The Labute approximate surface area is 360 Å². The Morgan fingerprint density at radius 1 is 0.258 bits per heavy atom. The molecule has 1 aromatic heterocycles. The highest BCUT2D eigenvalue weighted by molar-refractivity contribution is 6.22. The lowest BCUT2D eigenvalue weighted by Gasteiger charge is -2.26. The lowest BCUT2D eigenvalue weighted by atomic mass is 9.84. The lowest BCUT2D eigenvalue weighted by molar-refractivity contribution is 1.19. The zero-order chi connectivity index (χ0) is 41.0. The Bertz CT molecular complexity index is 3600. The fraction of sp³-hybridized carbons (Fsp3) is 0. The first-order chi connectivity index (χ1) is 30.8. The van der Waals surface area contributed by atoms with Crippen LogP contribution in [0.4, 0.5) is 17.1 Å². The van der Waals surface area contributed by atoms with Gasteiger partial charge in [0, 0.05) is 33.2 Å². The SMILES string of the molecule is c1ccc(-c2c(-c3ccccc3)c3cc(-c4ccc(N(c5ccccc5)c5ccc6c7ccccc7n(-c7cccc8ccccc78)c6c5)cc4)ccc3c3ccccc23)cc1. The average molecular weight is 789 g/mol. The molecule has 0 fully saturated rings. The van der Waals surface area contributed by atoms with Gasteiger partial charge in [0.15, 0.2) is 0 Å².